The number of rotatable bonds is 2. The molecule has 0 unspecified atom stereocenters. The Bertz CT molecular complexity index is 486. The van der Waals surface area contributed by atoms with Crippen LogP contribution in [0, 0.1) is 5.82 Å². The second-order valence-corrected chi connectivity index (χ2v) is 4.91. The summed E-state index contributed by atoms with van der Waals surface area (Å²) in [5.41, 5.74) is 6.30. The van der Waals surface area contributed by atoms with Gasteiger partial charge < -0.3 is 5.73 Å². The second kappa shape index (κ2) is 4.24. The zero-order valence-corrected chi connectivity index (χ0v) is 9.98. The highest BCUT2D eigenvalue weighted by Gasteiger charge is 2.05. The zero-order chi connectivity index (χ0) is 10.8. The maximum absolute atomic E-state index is 13.2. The van der Waals surface area contributed by atoms with Crippen LogP contribution in [-0.4, -0.2) is 10.2 Å². The minimum Gasteiger partial charge on any atom is -0.374 e. The lowest BCUT2D eigenvalue weighted by atomic mass is 10.1. The average Bonchev–Trinajstić information content (AvgIpc) is 2.58. The highest BCUT2D eigenvalue weighted by Crippen LogP contribution is 2.20. The monoisotopic (exact) mass is 287 g/mol. The van der Waals surface area contributed by atoms with Crippen LogP contribution in [0.25, 0.3) is 0 Å². The van der Waals surface area contributed by atoms with Crippen molar-refractivity contribution in [3.63, 3.8) is 0 Å². The van der Waals surface area contributed by atoms with Crippen LogP contribution in [0.5, 0.6) is 0 Å². The first kappa shape index (κ1) is 10.5. The van der Waals surface area contributed by atoms with E-state index in [2.05, 4.69) is 26.1 Å². The first-order chi connectivity index (χ1) is 7.15. The van der Waals surface area contributed by atoms with Gasteiger partial charge in [0.15, 0.2) is 0 Å². The number of hydrogen-bond donors (Lipinski definition) is 1. The first-order valence-electron chi connectivity index (χ1n) is 4.17. The van der Waals surface area contributed by atoms with Crippen LogP contribution in [0.1, 0.15) is 10.6 Å². The molecule has 0 radical (unpaired) electrons. The molecule has 0 amide bonds. The van der Waals surface area contributed by atoms with Gasteiger partial charge in [-0.25, -0.2) is 4.39 Å². The van der Waals surface area contributed by atoms with Crippen LogP contribution >= 0.6 is 27.3 Å². The summed E-state index contributed by atoms with van der Waals surface area (Å²) in [6.07, 6.45) is 0.555. The number of nitrogens with zero attached hydrogens (tertiary/aromatic N) is 2. The van der Waals surface area contributed by atoms with E-state index in [0.29, 0.717) is 16.0 Å². The molecule has 0 aliphatic rings. The summed E-state index contributed by atoms with van der Waals surface area (Å²) in [5, 5.41) is 8.79. The second-order valence-electron chi connectivity index (χ2n) is 2.96. The zero-order valence-electron chi connectivity index (χ0n) is 7.58. The Hall–Kier alpha value is -1.01. The quantitative estimate of drug-likeness (QED) is 0.924. The normalized spacial score (nSPS) is 10.5. The molecule has 2 rings (SSSR count). The SMILES string of the molecule is Nc1nnc(Cc2ccc(Br)c(F)c2)s1. The van der Waals surface area contributed by atoms with Crippen molar-refractivity contribution in [3.8, 4) is 0 Å². The highest BCUT2D eigenvalue weighted by atomic mass is 79.9. The number of anilines is 1. The van der Waals surface area contributed by atoms with E-state index >= 15 is 0 Å². The molecule has 0 bridgehead atoms. The Labute approximate surface area is 98.3 Å². The van der Waals surface area contributed by atoms with Crippen molar-refractivity contribution >= 4 is 32.4 Å². The molecule has 0 saturated heterocycles. The summed E-state index contributed by atoms with van der Waals surface area (Å²) in [4.78, 5) is 0. The standard InChI is InChI=1S/C9H7BrFN3S/c10-6-2-1-5(3-7(6)11)4-8-13-14-9(12)15-8/h1-3H,4H2,(H2,12,14). The third kappa shape index (κ3) is 2.51. The maximum Gasteiger partial charge on any atom is 0.203 e. The number of nitrogens with two attached hydrogens (primary N) is 1. The van der Waals surface area contributed by atoms with E-state index in [9.17, 15) is 4.39 Å². The molecule has 0 aliphatic carbocycles. The molecule has 1 aromatic heterocycles. The van der Waals surface area contributed by atoms with Gasteiger partial charge in [-0.1, -0.05) is 17.4 Å². The molecule has 15 heavy (non-hydrogen) atoms. The average molecular weight is 288 g/mol. The van der Waals surface area contributed by atoms with Crippen molar-refractivity contribution in [2.75, 3.05) is 5.73 Å². The molecule has 2 N–H and O–H groups in total. The Balaban J connectivity index is 2.21. The minimum atomic E-state index is -0.273. The van der Waals surface area contributed by atoms with E-state index in [1.165, 1.54) is 17.4 Å². The molecule has 6 heteroatoms. The van der Waals surface area contributed by atoms with Crippen LogP contribution in [0.2, 0.25) is 0 Å². The predicted octanol–water partition coefficient (Wildman–Crippen LogP) is 2.61. The van der Waals surface area contributed by atoms with Crippen molar-refractivity contribution in [3.05, 3.63) is 39.1 Å². The van der Waals surface area contributed by atoms with E-state index in [1.807, 2.05) is 6.07 Å². The van der Waals surface area contributed by atoms with E-state index in [1.54, 1.807) is 6.07 Å². The van der Waals surface area contributed by atoms with Gasteiger partial charge in [0.2, 0.25) is 5.13 Å². The largest absolute Gasteiger partial charge is 0.374 e. The van der Waals surface area contributed by atoms with Gasteiger partial charge in [-0.2, -0.15) is 0 Å². The number of benzene rings is 1. The van der Waals surface area contributed by atoms with Gasteiger partial charge in [-0.05, 0) is 33.6 Å². The summed E-state index contributed by atoms with van der Waals surface area (Å²) in [6, 6.07) is 4.99. The molecular weight excluding hydrogens is 281 g/mol. The number of halogens is 2. The lowest BCUT2D eigenvalue weighted by molar-refractivity contribution is 0.619. The minimum absolute atomic E-state index is 0.273. The molecule has 0 fully saturated rings. The molecule has 3 nitrogen and oxygen atoms in total. The fraction of sp³-hybridized carbons (Fsp3) is 0.111. The highest BCUT2D eigenvalue weighted by molar-refractivity contribution is 9.10. The van der Waals surface area contributed by atoms with Crippen LogP contribution in [0.3, 0.4) is 0 Å². The lowest BCUT2D eigenvalue weighted by Crippen LogP contribution is -1.89. The summed E-state index contributed by atoms with van der Waals surface area (Å²) < 4.78 is 13.6. The summed E-state index contributed by atoms with van der Waals surface area (Å²) in [6.45, 7) is 0. The molecule has 78 valence electrons. The number of hydrogen-bond acceptors (Lipinski definition) is 4. The van der Waals surface area contributed by atoms with Crippen molar-refractivity contribution in [2.24, 2.45) is 0 Å². The maximum atomic E-state index is 13.2. The Morgan fingerprint density at radius 3 is 2.80 bits per heavy atom. The van der Waals surface area contributed by atoms with Crippen LogP contribution in [-0.2, 0) is 6.42 Å². The molecule has 0 spiro atoms. The van der Waals surface area contributed by atoms with Crippen LogP contribution in [0.15, 0.2) is 22.7 Å². The summed E-state index contributed by atoms with van der Waals surface area (Å²) in [7, 11) is 0. The molecular formula is C9H7BrFN3S. The topological polar surface area (TPSA) is 51.8 Å². The van der Waals surface area contributed by atoms with Crippen molar-refractivity contribution in [2.45, 2.75) is 6.42 Å². The van der Waals surface area contributed by atoms with E-state index in [0.717, 1.165) is 10.6 Å². The lowest BCUT2D eigenvalue weighted by Gasteiger charge is -1.99. The summed E-state index contributed by atoms with van der Waals surface area (Å²) >= 11 is 4.41. The molecule has 0 atom stereocenters. The van der Waals surface area contributed by atoms with E-state index < -0.39 is 0 Å². The van der Waals surface area contributed by atoms with Gasteiger partial charge in [0.1, 0.15) is 10.8 Å². The van der Waals surface area contributed by atoms with Gasteiger partial charge in [0.05, 0.1) is 4.47 Å². The Morgan fingerprint density at radius 1 is 1.40 bits per heavy atom. The smallest absolute Gasteiger partial charge is 0.203 e. The van der Waals surface area contributed by atoms with Crippen LogP contribution < -0.4 is 5.73 Å². The molecule has 0 aliphatic heterocycles. The summed E-state index contributed by atoms with van der Waals surface area (Å²) in [5.74, 6) is -0.273. The van der Waals surface area contributed by atoms with E-state index in [-0.39, 0.29) is 5.82 Å². The Morgan fingerprint density at radius 2 is 2.20 bits per heavy atom. The van der Waals surface area contributed by atoms with Crippen molar-refractivity contribution in [1.29, 1.82) is 0 Å². The third-order valence-corrected chi connectivity index (χ3v) is 3.22. The fourth-order valence-corrected chi connectivity index (χ4v) is 2.05. The number of aromatic nitrogens is 2. The fourth-order valence-electron chi connectivity index (χ4n) is 1.16. The first-order valence-corrected chi connectivity index (χ1v) is 5.78. The predicted molar refractivity (Wildman–Crippen MR) is 61.2 cm³/mol. The molecule has 2 aromatic rings. The molecule has 0 saturated carbocycles. The van der Waals surface area contributed by atoms with Gasteiger partial charge in [0.25, 0.3) is 0 Å². The molecule has 1 heterocycles. The van der Waals surface area contributed by atoms with Gasteiger partial charge in [-0.15, -0.1) is 10.2 Å². The number of nitrogen functional groups attached to an aromatic ring is 1. The van der Waals surface area contributed by atoms with Crippen molar-refractivity contribution < 1.29 is 4.39 Å². The van der Waals surface area contributed by atoms with Crippen LogP contribution in [0.4, 0.5) is 9.52 Å². The van der Waals surface area contributed by atoms with Crippen molar-refractivity contribution in [1.82, 2.24) is 10.2 Å². The Kier molecular flexibility index (Phi) is 2.97. The van der Waals surface area contributed by atoms with Gasteiger partial charge in [-0.3, -0.25) is 0 Å². The van der Waals surface area contributed by atoms with Gasteiger partial charge in [0, 0.05) is 6.42 Å². The molecule has 1 aromatic carbocycles. The van der Waals surface area contributed by atoms with E-state index in [4.69, 9.17) is 5.73 Å². The third-order valence-electron chi connectivity index (χ3n) is 1.82. The van der Waals surface area contributed by atoms with Gasteiger partial charge >= 0.3 is 0 Å².